The van der Waals surface area contributed by atoms with E-state index in [4.69, 9.17) is 4.74 Å². The number of benzene rings is 1. The summed E-state index contributed by atoms with van der Waals surface area (Å²) in [4.78, 5) is 0.209. The summed E-state index contributed by atoms with van der Waals surface area (Å²) in [6.07, 6.45) is 0.757. The van der Waals surface area contributed by atoms with Crippen molar-refractivity contribution in [1.82, 2.24) is 4.72 Å². The fourth-order valence-corrected chi connectivity index (χ4v) is 2.68. The molecule has 0 atom stereocenters. The standard InChI is InChI=1S/C10H14BrNO3S/c1-3-6-12-16(13,14)8-4-5-9(11)10(7-8)15-2/h4-5,7,12H,3,6H2,1-2H3. The molecule has 0 aliphatic rings. The third-order valence-corrected chi connectivity index (χ3v) is 4.09. The Labute approximate surface area is 104 Å². The van der Waals surface area contributed by atoms with Crippen molar-refractivity contribution in [2.24, 2.45) is 0 Å². The van der Waals surface area contributed by atoms with Gasteiger partial charge in [0.25, 0.3) is 0 Å². The lowest BCUT2D eigenvalue weighted by atomic mass is 10.3. The molecular weight excluding hydrogens is 294 g/mol. The van der Waals surface area contributed by atoms with Gasteiger partial charge in [-0.3, -0.25) is 0 Å². The summed E-state index contributed by atoms with van der Waals surface area (Å²) >= 11 is 3.27. The van der Waals surface area contributed by atoms with Crippen molar-refractivity contribution in [1.29, 1.82) is 0 Å². The Balaban J connectivity index is 3.04. The number of methoxy groups -OCH3 is 1. The third kappa shape index (κ3) is 3.20. The lowest BCUT2D eigenvalue weighted by Gasteiger charge is -2.08. The van der Waals surface area contributed by atoms with E-state index in [9.17, 15) is 8.42 Å². The lowest BCUT2D eigenvalue weighted by Crippen LogP contribution is -2.24. The van der Waals surface area contributed by atoms with Crippen molar-refractivity contribution in [2.45, 2.75) is 18.2 Å². The Morgan fingerprint density at radius 2 is 2.12 bits per heavy atom. The lowest BCUT2D eigenvalue weighted by molar-refractivity contribution is 0.410. The van der Waals surface area contributed by atoms with Gasteiger partial charge in [-0.2, -0.15) is 0 Å². The molecule has 1 N–H and O–H groups in total. The van der Waals surface area contributed by atoms with Gasteiger partial charge in [0.05, 0.1) is 16.5 Å². The average Bonchev–Trinajstić information content (AvgIpc) is 2.27. The number of nitrogens with one attached hydrogen (secondary N) is 1. The van der Waals surface area contributed by atoms with Crippen molar-refractivity contribution in [3.63, 3.8) is 0 Å². The molecule has 1 aromatic carbocycles. The summed E-state index contributed by atoms with van der Waals surface area (Å²) in [5.41, 5.74) is 0. The van der Waals surface area contributed by atoms with E-state index in [1.54, 1.807) is 6.07 Å². The molecule has 4 nitrogen and oxygen atoms in total. The maximum absolute atomic E-state index is 11.8. The fourth-order valence-electron chi connectivity index (χ4n) is 1.13. The topological polar surface area (TPSA) is 55.4 Å². The normalized spacial score (nSPS) is 11.4. The number of sulfonamides is 1. The highest BCUT2D eigenvalue weighted by atomic mass is 79.9. The number of ether oxygens (including phenoxy) is 1. The van der Waals surface area contributed by atoms with E-state index in [0.717, 1.165) is 10.9 Å². The average molecular weight is 308 g/mol. The van der Waals surface area contributed by atoms with Crippen LogP contribution in [0.1, 0.15) is 13.3 Å². The van der Waals surface area contributed by atoms with Crippen LogP contribution in [0.3, 0.4) is 0 Å². The van der Waals surface area contributed by atoms with Crippen LogP contribution in [0, 0.1) is 0 Å². The van der Waals surface area contributed by atoms with Gasteiger partial charge in [-0.15, -0.1) is 0 Å². The summed E-state index contributed by atoms with van der Waals surface area (Å²) < 4.78 is 31.8. The van der Waals surface area contributed by atoms with Crippen LogP contribution in [0.15, 0.2) is 27.6 Å². The summed E-state index contributed by atoms with van der Waals surface area (Å²) in [5, 5.41) is 0. The molecule has 0 bridgehead atoms. The third-order valence-electron chi connectivity index (χ3n) is 1.97. The molecule has 0 saturated carbocycles. The second-order valence-electron chi connectivity index (χ2n) is 3.19. The molecule has 1 rings (SSSR count). The largest absolute Gasteiger partial charge is 0.496 e. The molecule has 16 heavy (non-hydrogen) atoms. The molecule has 0 heterocycles. The number of hydrogen-bond donors (Lipinski definition) is 1. The number of halogens is 1. The van der Waals surface area contributed by atoms with Crippen molar-refractivity contribution >= 4 is 26.0 Å². The van der Waals surface area contributed by atoms with Crippen molar-refractivity contribution in [3.8, 4) is 5.75 Å². The minimum absolute atomic E-state index is 0.209. The highest BCUT2D eigenvalue weighted by molar-refractivity contribution is 9.10. The minimum atomic E-state index is -3.42. The molecule has 90 valence electrons. The van der Waals surface area contributed by atoms with Crippen molar-refractivity contribution in [3.05, 3.63) is 22.7 Å². The van der Waals surface area contributed by atoms with E-state index in [0.29, 0.717) is 12.3 Å². The molecule has 0 spiro atoms. The van der Waals surface area contributed by atoms with Crippen LogP contribution < -0.4 is 9.46 Å². The molecule has 0 aliphatic carbocycles. The first kappa shape index (κ1) is 13.5. The summed E-state index contributed by atoms with van der Waals surface area (Å²) in [5.74, 6) is 0.499. The fraction of sp³-hybridized carbons (Fsp3) is 0.400. The van der Waals surface area contributed by atoms with Gasteiger partial charge in [-0.25, -0.2) is 13.1 Å². The van der Waals surface area contributed by atoms with Gasteiger partial charge < -0.3 is 4.74 Å². The molecule has 0 radical (unpaired) electrons. The second kappa shape index (κ2) is 5.65. The number of rotatable bonds is 5. The Morgan fingerprint density at radius 1 is 1.44 bits per heavy atom. The van der Waals surface area contributed by atoms with E-state index in [2.05, 4.69) is 20.7 Å². The molecule has 0 amide bonds. The SMILES string of the molecule is CCCNS(=O)(=O)c1ccc(Br)c(OC)c1. The van der Waals surface area contributed by atoms with Gasteiger partial charge in [0.2, 0.25) is 10.0 Å². The van der Waals surface area contributed by atoms with Crippen LogP contribution in [-0.4, -0.2) is 22.1 Å². The first-order valence-corrected chi connectivity index (χ1v) is 7.12. The molecule has 0 aliphatic heterocycles. The minimum Gasteiger partial charge on any atom is -0.496 e. The van der Waals surface area contributed by atoms with E-state index in [-0.39, 0.29) is 4.90 Å². The predicted octanol–water partition coefficient (Wildman–Crippen LogP) is 2.15. The van der Waals surface area contributed by atoms with Crippen molar-refractivity contribution < 1.29 is 13.2 Å². The van der Waals surface area contributed by atoms with E-state index in [1.807, 2.05) is 6.92 Å². The van der Waals surface area contributed by atoms with Crippen LogP contribution >= 0.6 is 15.9 Å². The van der Waals surface area contributed by atoms with E-state index >= 15 is 0 Å². The van der Waals surface area contributed by atoms with Crippen LogP contribution in [0.25, 0.3) is 0 Å². The summed E-state index contributed by atoms with van der Waals surface area (Å²) in [6.45, 7) is 2.34. The Kier molecular flexibility index (Phi) is 4.76. The Bertz CT molecular complexity index is 459. The Hall–Kier alpha value is -0.590. The summed E-state index contributed by atoms with van der Waals surface area (Å²) in [6, 6.07) is 4.67. The first-order chi connectivity index (χ1) is 7.51. The van der Waals surface area contributed by atoms with Crippen LogP contribution in [0.2, 0.25) is 0 Å². The molecule has 6 heteroatoms. The van der Waals surface area contributed by atoms with Crippen molar-refractivity contribution in [2.75, 3.05) is 13.7 Å². The molecule has 0 saturated heterocycles. The van der Waals surface area contributed by atoms with E-state index < -0.39 is 10.0 Å². The zero-order valence-electron chi connectivity index (χ0n) is 9.16. The van der Waals surface area contributed by atoms with Gasteiger partial charge in [-0.1, -0.05) is 6.92 Å². The summed E-state index contributed by atoms with van der Waals surface area (Å²) in [7, 11) is -1.93. The van der Waals surface area contributed by atoms with Gasteiger partial charge in [0.1, 0.15) is 5.75 Å². The van der Waals surface area contributed by atoms with Gasteiger partial charge in [0, 0.05) is 12.6 Å². The van der Waals surface area contributed by atoms with Gasteiger partial charge >= 0.3 is 0 Å². The van der Waals surface area contributed by atoms with Gasteiger partial charge in [0.15, 0.2) is 0 Å². The number of hydrogen-bond acceptors (Lipinski definition) is 3. The molecule has 0 fully saturated rings. The molecule has 0 unspecified atom stereocenters. The second-order valence-corrected chi connectivity index (χ2v) is 5.82. The first-order valence-electron chi connectivity index (χ1n) is 4.84. The molecular formula is C10H14BrNO3S. The maximum atomic E-state index is 11.8. The zero-order valence-corrected chi connectivity index (χ0v) is 11.6. The Morgan fingerprint density at radius 3 is 2.69 bits per heavy atom. The smallest absolute Gasteiger partial charge is 0.240 e. The van der Waals surface area contributed by atoms with Crippen LogP contribution in [0.4, 0.5) is 0 Å². The monoisotopic (exact) mass is 307 g/mol. The highest BCUT2D eigenvalue weighted by Crippen LogP contribution is 2.27. The van der Waals surface area contributed by atoms with Gasteiger partial charge in [-0.05, 0) is 34.5 Å². The van der Waals surface area contributed by atoms with Crippen LogP contribution in [-0.2, 0) is 10.0 Å². The highest BCUT2D eigenvalue weighted by Gasteiger charge is 2.14. The maximum Gasteiger partial charge on any atom is 0.240 e. The molecule has 0 aromatic heterocycles. The quantitative estimate of drug-likeness (QED) is 0.907. The van der Waals surface area contributed by atoms with E-state index in [1.165, 1.54) is 19.2 Å². The predicted molar refractivity (Wildman–Crippen MR) is 66.2 cm³/mol. The zero-order chi connectivity index (χ0) is 12.2. The molecule has 1 aromatic rings. The van der Waals surface area contributed by atoms with Crippen LogP contribution in [0.5, 0.6) is 5.75 Å².